The fourth-order valence-corrected chi connectivity index (χ4v) is 1.37. The molecule has 1 heterocycles. The average Bonchev–Trinajstić information content (AvgIpc) is 2.77. The first kappa shape index (κ1) is 9.45. The minimum atomic E-state index is 0.455. The summed E-state index contributed by atoms with van der Waals surface area (Å²) in [6.07, 6.45) is 2.22. The zero-order valence-corrected chi connectivity index (χ0v) is 8.23. The molecule has 4 heteroatoms. The number of H-pyrrole nitrogens is 1. The van der Waals surface area contributed by atoms with Crippen molar-refractivity contribution in [1.82, 2.24) is 9.97 Å². The number of aldehydes is 1. The van der Waals surface area contributed by atoms with Crippen LogP contribution in [0.15, 0.2) is 30.5 Å². The lowest BCUT2D eigenvalue weighted by Gasteiger charge is -2.04. The topological polar surface area (TPSA) is 55.0 Å². The molecule has 0 amide bonds. The molecule has 4 nitrogen and oxygen atoms in total. The number of ether oxygens (including phenoxy) is 1. The highest BCUT2D eigenvalue weighted by atomic mass is 16.5. The first-order valence-corrected chi connectivity index (χ1v) is 4.48. The Hall–Kier alpha value is -2.10. The van der Waals surface area contributed by atoms with Crippen LogP contribution in [0.5, 0.6) is 5.75 Å². The number of carbonyl (C=O) groups excluding carboxylic acids is 1. The minimum Gasteiger partial charge on any atom is -0.496 e. The van der Waals surface area contributed by atoms with Gasteiger partial charge in [-0.05, 0) is 12.1 Å². The van der Waals surface area contributed by atoms with Crippen LogP contribution in [0, 0.1) is 0 Å². The number of benzene rings is 1. The Bertz CT molecular complexity index is 477. The number of para-hydroxylation sites is 1. The van der Waals surface area contributed by atoms with E-state index in [1.165, 1.54) is 6.20 Å². The van der Waals surface area contributed by atoms with Crippen molar-refractivity contribution in [3.63, 3.8) is 0 Å². The minimum absolute atomic E-state index is 0.455. The smallest absolute Gasteiger partial charge is 0.167 e. The lowest BCUT2D eigenvalue weighted by Crippen LogP contribution is -1.88. The number of nitrogens with zero attached hydrogens (tertiary/aromatic N) is 1. The van der Waals surface area contributed by atoms with E-state index in [2.05, 4.69) is 9.97 Å². The van der Waals surface area contributed by atoms with Gasteiger partial charge in [0.15, 0.2) is 6.29 Å². The normalized spacial score (nSPS) is 9.93. The Morgan fingerprint density at radius 1 is 1.40 bits per heavy atom. The quantitative estimate of drug-likeness (QED) is 0.773. The molecule has 0 radical (unpaired) electrons. The van der Waals surface area contributed by atoms with Crippen molar-refractivity contribution in [3.05, 3.63) is 36.2 Å². The van der Waals surface area contributed by atoms with Gasteiger partial charge in [-0.3, -0.25) is 4.79 Å². The van der Waals surface area contributed by atoms with Gasteiger partial charge in [0.1, 0.15) is 11.6 Å². The second-order valence-corrected chi connectivity index (χ2v) is 3.01. The number of nitrogens with one attached hydrogen (secondary N) is 1. The number of hydrogen-bond donors (Lipinski definition) is 1. The summed E-state index contributed by atoms with van der Waals surface area (Å²) in [4.78, 5) is 17.5. The first-order chi connectivity index (χ1) is 7.35. The van der Waals surface area contributed by atoms with Gasteiger partial charge in [-0.1, -0.05) is 12.1 Å². The molecule has 1 aromatic heterocycles. The van der Waals surface area contributed by atoms with Crippen LogP contribution in [-0.2, 0) is 0 Å². The van der Waals surface area contributed by atoms with Gasteiger partial charge >= 0.3 is 0 Å². The summed E-state index contributed by atoms with van der Waals surface area (Å²) in [7, 11) is 1.60. The molecule has 0 bridgehead atoms. The maximum atomic E-state index is 10.5. The lowest BCUT2D eigenvalue weighted by atomic mass is 10.2. The SMILES string of the molecule is COc1ccccc1-c1ncc(C=O)[nH]1. The molecule has 0 aliphatic rings. The van der Waals surface area contributed by atoms with Gasteiger partial charge in [0.2, 0.25) is 0 Å². The monoisotopic (exact) mass is 202 g/mol. The van der Waals surface area contributed by atoms with Crippen molar-refractivity contribution < 1.29 is 9.53 Å². The molecule has 0 saturated heterocycles. The number of aromatic amines is 1. The second-order valence-electron chi connectivity index (χ2n) is 3.01. The number of hydrogen-bond acceptors (Lipinski definition) is 3. The third kappa shape index (κ3) is 1.74. The van der Waals surface area contributed by atoms with Crippen molar-refractivity contribution in [3.8, 4) is 17.1 Å². The van der Waals surface area contributed by atoms with Crippen LogP contribution >= 0.6 is 0 Å². The maximum Gasteiger partial charge on any atom is 0.167 e. The standard InChI is InChI=1S/C11H10N2O2/c1-15-10-5-3-2-4-9(10)11-12-6-8(7-14)13-11/h2-7H,1H3,(H,12,13). The van der Waals surface area contributed by atoms with Crippen molar-refractivity contribution in [2.24, 2.45) is 0 Å². The highest BCUT2D eigenvalue weighted by Gasteiger charge is 2.07. The summed E-state index contributed by atoms with van der Waals surface area (Å²) in [5.41, 5.74) is 1.30. The predicted octanol–water partition coefficient (Wildman–Crippen LogP) is 1.90. The molecule has 0 spiro atoms. The average molecular weight is 202 g/mol. The van der Waals surface area contributed by atoms with Crippen molar-refractivity contribution in [2.75, 3.05) is 7.11 Å². The molecule has 0 atom stereocenters. The van der Waals surface area contributed by atoms with E-state index in [9.17, 15) is 4.79 Å². The van der Waals surface area contributed by atoms with E-state index in [-0.39, 0.29) is 0 Å². The Labute approximate surface area is 86.9 Å². The van der Waals surface area contributed by atoms with Gasteiger partial charge in [0, 0.05) is 0 Å². The van der Waals surface area contributed by atoms with Crippen LogP contribution in [0.4, 0.5) is 0 Å². The van der Waals surface area contributed by atoms with Gasteiger partial charge < -0.3 is 9.72 Å². The van der Waals surface area contributed by atoms with Crippen molar-refractivity contribution in [1.29, 1.82) is 0 Å². The number of aromatic nitrogens is 2. The third-order valence-electron chi connectivity index (χ3n) is 2.08. The van der Waals surface area contributed by atoms with Crippen LogP contribution in [0.25, 0.3) is 11.4 Å². The Morgan fingerprint density at radius 3 is 2.87 bits per heavy atom. The molecule has 15 heavy (non-hydrogen) atoms. The summed E-state index contributed by atoms with van der Waals surface area (Å²) in [6, 6.07) is 7.50. The molecule has 2 aromatic rings. The van der Waals surface area contributed by atoms with E-state index in [4.69, 9.17) is 4.74 Å². The summed E-state index contributed by atoms with van der Waals surface area (Å²) in [5, 5.41) is 0. The molecule has 0 fully saturated rings. The molecule has 2 rings (SSSR count). The van der Waals surface area contributed by atoms with E-state index in [0.717, 1.165) is 17.6 Å². The molecular weight excluding hydrogens is 192 g/mol. The van der Waals surface area contributed by atoms with Crippen molar-refractivity contribution >= 4 is 6.29 Å². The van der Waals surface area contributed by atoms with Gasteiger partial charge in [-0.2, -0.15) is 0 Å². The number of methoxy groups -OCH3 is 1. The van der Waals surface area contributed by atoms with Crippen molar-refractivity contribution in [2.45, 2.75) is 0 Å². The van der Waals surface area contributed by atoms with Gasteiger partial charge in [-0.25, -0.2) is 4.98 Å². The number of imidazole rings is 1. The van der Waals surface area contributed by atoms with E-state index in [0.29, 0.717) is 11.5 Å². The fraction of sp³-hybridized carbons (Fsp3) is 0.0909. The van der Waals surface area contributed by atoms with Crippen LogP contribution in [-0.4, -0.2) is 23.4 Å². The third-order valence-corrected chi connectivity index (χ3v) is 2.08. The molecule has 0 saturated carbocycles. The summed E-state index contributed by atoms with van der Waals surface area (Å²) in [5.74, 6) is 1.36. The Morgan fingerprint density at radius 2 is 2.20 bits per heavy atom. The van der Waals surface area contributed by atoms with Gasteiger partial charge in [-0.15, -0.1) is 0 Å². The van der Waals surface area contributed by atoms with Crippen LogP contribution in [0.1, 0.15) is 10.5 Å². The van der Waals surface area contributed by atoms with E-state index >= 15 is 0 Å². The highest BCUT2D eigenvalue weighted by molar-refractivity contribution is 5.74. The first-order valence-electron chi connectivity index (χ1n) is 4.48. The number of rotatable bonds is 3. The molecular formula is C11H10N2O2. The van der Waals surface area contributed by atoms with E-state index in [1.807, 2.05) is 24.3 Å². The van der Waals surface area contributed by atoms with Crippen LogP contribution < -0.4 is 4.74 Å². The summed E-state index contributed by atoms with van der Waals surface area (Å²) >= 11 is 0. The van der Waals surface area contributed by atoms with Crippen LogP contribution in [0.2, 0.25) is 0 Å². The van der Waals surface area contributed by atoms with Gasteiger partial charge in [0.05, 0.1) is 24.6 Å². The zero-order valence-electron chi connectivity index (χ0n) is 8.23. The fourth-order valence-electron chi connectivity index (χ4n) is 1.37. The Balaban J connectivity index is 2.48. The van der Waals surface area contributed by atoms with E-state index in [1.54, 1.807) is 7.11 Å². The second kappa shape index (κ2) is 3.96. The van der Waals surface area contributed by atoms with Crippen LogP contribution in [0.3, 0.4) is 0 Å². The number of carbonyl (C=O) groups is 1. The zero-order chi connectivity index (χ0) is 10.7. The molecule has 76 valence electrons. The summed E-state index contributed by atoms with van der Waals surface area (Å²) < 4.78 is 5.19. The maximum absolute atomic E-state index is 10.5. The largest absolute Gasteiger partial charge is 0.496 e. The molecule has 1 aromatic carbocycles. The summed E-state index contributed by atoms with van der Waals surface area (Å²) in [6.45, 7) is 0. The molecule has 0 aliphatic heterocycles. The predicted molar refractivity (Wildman–Crippen MR) is 56.0 cm³/mol. The highest BCUT2D eigenvalue weighted by Crippen LogP contribution is 2.26. The van der Waals surface area contributed by atoms with E-state index < -0.39 is 0 Å². The Kier molecular flexibility index (Phi) is 2.49. The molecule has 0 aliphatic carbocycles. The van der Waals surface area contributed by atoms with Gasteiger partial charge in [0.25, 0.3) is 0 Å². The molecule has 1 N–H and O–H groups in total. The lowest BCUT2D eigenvalue weighted by molar-refractivity contribution is 0.111. The molecule has 0 unspecified atom stereocenters.